The first-order chi connectivity index (χ1) is 16.4. The fourth-order valence-corrected chi connectivity index (χ4v) is 6.20. The molecule has 0 aliphatic carbocycles. The van der Waals surface area contributed by atoms with Crippen molar-refractivity contribution < 1.29 is 0 Å². The molecule has 0 aliphatic heterocycles. The van der Waals surface area contributed by atoms with Gasteiger partial charge in [-0.15, -0.1) is 0 Å². The SMILES string of the molecule is c1ccc(/C(=N\c2ccccc2P(c2ccccc2)c2ccccc2)c2ccccn2)cc1. The number of aliphatic imine (C=N–C) groups is 1. The van der Waals surface area contributed by atoms with Crippen LogP contribution in [-0.4, -0.2) is 10.7 Å². The molecule has 0 amide bonds. The van der Waals surface area contributed by atoms with E-state index in [4.69, 9.17) is 4.99 Å². The van der Waals surface area contributed by atoms with Crippen molar-refractivity contribution in [1.82, 2.24) is 4.98 Å². The molecular weight excluding hydrogens is 419 g/mol. The van der Waals surface area contributed by atoms with Gasteiger partial charge in [-0.25, -0.2) is 4.99 Å². The molecule has 1 heterocycles. The molecule has 5 aromatic rings. The summed E-state index contributed by atoms with van der Waals surface area (Å²) in [6.07, 6.45) is 1.82. The molecule has 0 bridgehead atoms. The maximum absolute atomic E-state index is 5.24. The van der Waals surface area contributed by atoms with Crippen LogP contribution in [0.25, 0.3) is 0 Å². The van der Waals surface area contributed by atoms with E-state index in [0.29, 0.717) is 0 Å². The van der Waals surface area contributed by atoms with Crippen molar-refractivity contribution in [3.8, 4) is 0 Å². The molecule has 4 aromatic carbocycles. The van der Waals surface area contributed by atoms with E-state index in [1.165, 1.54) is 15.9 Å². The van der Waals surface area contributed by atoms with E-state index in [2.05, 4.69) is 102 Å². The summed E-state index contributed by atoms with van der Waals surface area (Å²) in [5.74, 6) is 0. The van der Waals surface area contributed by atoms with E-state index in [1.807, 2.05) is 42.6 Å². The first-order valence-corrected chi connectivity index (χ1v) is 12.3. The van der Waals surface area contributed by atoms with Crippen molar-refractivity contribution in [2.24, 2.45) is 4.99 Å². The summed E-state index contributed by atoms with van der Waals surface area (Å²) in [6.45, 7) is 0. The molecule has 5 rings (SSSR count). The minimum Gasteiger partial charge on any atom is -0.255 e. The van der Waals surface area contributed by atoms with Gasteiger partial charge in [0.25, 0.3) is 0 Å². The Balaban J connectivity index is 1.71. The molecule has 0 aliphatic rings. The zero-order chi connectivity index (χ0) is 22.3. The number of benzene rings is 4. The Labute approximate surface area is 196 Å². The first kappa shape index (κ1) is 21.0. The van der Waals surface area contributed by atoms with Crippen LogP contribution in [-0.2, 0) is 0 Å². The van der Waals surface area contributed by atoms with Crippen molar-refractivity contribution in [2.45, 2.75) is 0 Å². The summed E-state index contributed by atoms with van der Waals surface area (Å²) < 4.78 is 0. The van der Waals surface area contributed by atoms with E-state index in [9.17, 15) is 0 Å². The van der Waals surface area contributed by atoms with Crippen LogP contribution in [0.15, 0.2) is 145 Å². The number of nitrogens with zero attached hydrogens (tertiary/aromatic N) is 2. The number of pyridine rings is 1. The molecule has 0 fully saturated rings. The van der Waals surface area contributed by atoms with Gasteiger partial charge in [0, 0.05) is 17.1 Å². The smallest absolute Gasteiger partial charge is 0.0965 e. The third-order valence-corrected chi connectivity index (χ3v) is 7.83. The quantitative estimate of drug-likeness (QED) is 0.234. The van der Waals surface area contributed by atoms with E-state index in [1.54, 1.807) is 0 Å². The summed E-state index contributed by atoms with van der Waals surface area (Å²) in [5.41, 5.74) is 3.76. The molecule has 2 nitrogen and oxygen atoms in total. The van der Waals surface area contributed by atoms with Crippen LogP contribution < -0.4 is 15.9 Å². The fourth-order valence-electron chi connectivity index (χ4n) is 3.82. The van der Waals surface area contributed by atoms with Crippen molar-refractivity contribution in [1.29, 1.82) is 0 Å². The highest BCUT2D eigenvalue weighted by Crippen LogP contribution is 2.36. The van der Waals surface area contributed by atoms with Crippen LogP contribution in [0.2, 0.25) is 0 Å². The minimum atomic E-state index is -0.763. The first-order valence-electron chi connectivity index (χ1n) is 10.9. The standard InChI is InChI=1S/C30H23N2P/c1-4-14-24(15-5-1)30(28-21-12-13-23-31-28)32-27-20-10-11-22-29(27)33(25-16-6-2-7-17-25)26-18-8-3-9-19-26/h1-23H/b32-30+. The Kier molecular flexibility index (Phi) is 6.47. The number of rotatable bonds is 6. The van der Waals surface area contributed by atoms with Gasteiger partial charge in [0.15, 0.2) is 0 Å². The van der Waals surface area contributed by atoms with E-state index < -0.39 is 7.92 Å². The molecule has 0 spiro atoms. The second-order valence-electron chi connectivity index (χ2n) is 7.54. The van der Waals surface area contributed by atoms with Gasteiger partial charge in [-0.2, -0.15) is 0 Å². The van der Waals surface area contributed by atoms with Gasteiger partial charge in [-0.1, -0.05) is 115 Å². The predicted octanol–water partition coefficient (Wildman–Crippen LogP) is 6.01. The number of aromatic nitrogens is 1. The molecular formula is C30H23N2P. The lowest BCUT2D eigenvalue weighted by Crippen LogP contribution is -2.21. The zero-order valence-electron chi connectivity index (χ0n) is 18.1. The van der Waals surface area contributed by atoms with Gasteiger partial charge in [0.2, 0.25) is 0 Å². The lowest BCUT2D eigenvalue weighted by Gasteiger charge is -2.21. The van der Waals surface area contributed by atoms with Gasteiger partial charge in [-0.05, 0) is 36.7 Å². The average molecular weight is 443 g/mol. The monoisotopic (exact) mass is 442 g/mol. The molecule has 0 saturated carbocycles. The summed E-state index contributed by atoms with van der Waals surface area (Å²) >= 11 is 0. The Morgan fingerprint density at radius 3 is 1.70 bits per heavy atom. The van der Waals surface area contributed by atoms with Crippen LogP contribution in [0.4, 0.5) is 5.69 Å². The van der Waals surface area contributed by atoms with Gasteiger partial charge in [0.05, 0.1) is 17.1 Å². The summed E-state index contributed by atoms with van der Waals surface area (Å²) in [6, 6.07) is 46.2. The third kappa shape index (κ3) is 4.82. The molecule has 0 unspecified atom stereocenters. The van der Waals surface area contributed by atoms with Crippen molar-refractivity contribution in [3.05, 3.63) is 151 Å². The highest BCUT2D eigenvalue weighted by molar-refractivity contribution is 7.80. The van der Waals surface area contributed by atoms with Crippen LogP contribution in [0.1, 0.15) is 11.3 Å². The van der Waals surface area contributed by atoms with Crippen molar-refractivity contribution >= 4 is 35.2 Å². The maximum Gasteiger partial charge on any atom is 0.0965 e. The topological polar surface area (TPSA) is 25.2 Å². The highest BCUT2D eigenvalue weighted by atomic mass is 31.1. The number of hydrogen-bond donors (Lipinski definition) is 0. The molecule has 33 heavy (non-hydrogen) atoms. The minimum absolute atomic E-state index is 0.763. The molecule has 0 N–H and O–H groups in total. The highest BCUT2D eigenvalue weighted by Gasteiger charge is 2.20. The Morgan fingerprint density at radius 1 is 0.545 bits per heavy atom. The van der Waals surface area contributed by atoms with E-state index >= 15 is 0 Å². The second kappa shape index (κ2) is 10.2. The maximum atomic E-state index is 5.24. The zero-order valence-corrected chi connectivity index (χ0v) is 19.0. The van der Waals surface area contributed by atoms with Crippen LogP contribution in [0.3, 0.4) is 0 Å². The van der Waals surface area contributed by atoms with Crippen LogP contribution in [0, 0.1) is 0 Å². The normalized spacial score (nSPS) is 11.5. The summed E-state index contributed by atoms with van der Waals surface area (Å²) in [4.78, 5) is 9.86. The van der Waals surface area contributed by atoms with Gasteiger partial charge in [-0.3, -0.25) is 4.98 Å². The van der Waals surface area contributed by atoms with E-state index in [-0.39, 0.29) is 0 Å². The van der Waals surface area contributed by atoms with E-state index in [0.717, 1.165) is 22.7 Å². The van der Waals surface area contributed by atoms with Gasteiger partial charge in [0.1, 0.15) is 0 Å². The second-order valence-corrected chi connectivity index (χ2v) is 9.72. The Hall–Kier alpha value is -3.87. The van der Waals surface area contributed by atoms with Crippen LogP contribution in [0.5, 0.6) is 0 Å². The predicted molar refractivity (Wildman–Crippen MR) is 141 cm³/mol. The summed E-state index contributed by atoms with van der Waals surface area (Å²) in [5, 5.41) is 3.84. The van der Waals surface area contributed by atoms with Gasteiger partial charge >= 0.3 is 0 Å². The lowest BCUT2D eigenvalue weighted by molar-refractivity contribution is 1.28. The van der Waals surface area contributed by atoms with Crippen molar-refractivity contribution in [2.75, 3.05) is 0 Å². The third-order valence-electron chi connectivity index (χ3n) is 5.34. The molecule has 3 heteroatoms. The fraction of sp³-hybridized carbons (Fsp3) is 0. The number of para-hydroxylation sites is 1. The van der Waals surface area contributed by atoms with Gasteiger partial charge < -0.3 is 0 Å². The largest absolute Gasteiger partial charge is 0.255 e. The average Bonchev–Trinajstić information content (AvgIpc) is 2.90. The molecule has 0 atom stereocenters. The molecule has 0 radical (unpaired) electrons. The molecule has 0 saturated heterocycles. The number of hydrogen-bond acceptors (Lipinski definition) is 2. The Bertz CT molecular complexity index is 1250. The van der Waals surface area contributed by atoms with Crippen molar-refractivity contribution in [3.63, 3.8) is 0 Å². The lowest BCUT2D eigenvalue weighted by atomic mass is 10.1. The Morgan fingerprint density at radius 2 is 1.09 bits per heavy atom. The molecule has 1 aromatic heterocycles. The summed E-state index contributed by atoms with van der Waals surface area (Å²) in [7, 11) is -0.763. The molecule has 158 valence electrons. The van der Waals surface area contributed by atoms with Crippen LogP contribution >= 0.6 is 7.92 Å².